The molecule has 2 aromatic heterocycles. The van der Waals surface area contributed by atoms with Crippen LogP contribution in [-0.4, -0.2) is 59.7 Å². The monoisotopic (exact) mass is 415 g/mol. The Kier molecular flexibility index (Phi) is 5.99. The third-order valence-corrected chi connectivity index (χ3v) is 6.50. The van der Waals surface area contributed by atoms with Crippen LogP contribution in [0.3, 0.4) is 0 Å². The van der Waals surface area contributed by atoms with E-state index in [1.807, 2.05) is 26.6 Å². The number of nitrogens with zero attached hydrogens (tertiary/aromatic N) is 2. The number of likely N-dealkylation sites (tertiary alicyclic amines) is 2. The highest BCUT2D eigenvalue weighted by atomic mass is 32.1. The van der Waals surface area contributed by atoms with Gasteiger partial charge < -0.3 is 19.5 Å². The fourth-order valence-electron chi connectivity index (χ4n) is 4.03. The van der Waals surface area contributed by atoms with Gasteiger partial charge in [-0.15, -0.1) is 0 Å². The molecule has 0 radical (unpaired) electrons. The number of hydrogen-bond acceptors (Lipinski definition) is 5. The van der Waals surface area contributed by atoms with E-state index in [1.54, 1.807) is 6.07 Å². The summed E-state index contributed by atoms with van der Waals surface area (Å²) < 4.78 is 4.98. The molecule has 2 aromatic rings. The minimum Gasteiger partial charge on any atom is -0.472 e. The van der Waals surface area contributed by atoms with Gasteiger partial charge >= 0.3 is 0 Å². The van der Waals surface area contributed by atoms with E-state index < -0.39 is 0 Å². The fraction of sp³-hybridized carbons (Fsp3) is 0.476. The Morgan fingerprint density at radius 1 is 0.931 bits per heavy atom. The molecule has 8 heteroatoms. The Morgan fingerprint density at radius 3 is 2.17 bits per heavy atom. The molecule has 0 unspecified atom stereocenters. The van der Waals surface area contributed by atoms with Crippen LogP contribution in [0, 0.1) is 5.92 Å². The highest BCUT2D eigenvalue weighted by molar-refractivity contribution is 7.08. The number of rotatable bonds is 4. The van der Waals surface area contributed by atoms with Crippen LogP contribution in [0.5, 0.6) is 0 Å². The van der Waals surface area contributed by atoms with Crippen LogP contribution in [0.2, 0.25) is 0 Å². The van der Waals surface area contributed by atoms with E-state index in [0.717, 1.165) is 18.4 Å². The third-order valence-electron chi connectivity index (χ3n) is 5.82. The summed E-state index contributed by atoms with van der Waals surface area (Å²) >= 11 is 1.52. The molecule has 1 N–H and O–H groups in total. The Bertz CT molecular complexity index is 833. The second-order valence-corrected chi connectivity index (χ2v) is 8.45. The molecule has 2 aliphatic rings. The van der Waals surface area contributed by atoms with Crippen LogP contribution in [0.4, 0.5) is 0 Å². The van der Waals surface area contributed by atoms with Crippen molar-refractivity contribution in [2.45, 2.75) is 31.7 Å². The maximum atomic E-state index is 12.7. The summed E-state index contributed by atoms with van der Waals surface area (Å²) in [5.74, 6) is 0.0605. The summed E-state index contributed by atoms with van der Waals surface area (Å²) in [6.45, 7) is 2.49. The zero-order valence-electron chi connectivity index (χ0n) is 16.2. The smallest absolute Gasteiger partial charge is 0.257 e. The summed E-state index contributed by atoms with van der Waals surface area (Å²) in [5, 5.41) is 6.93. The predicted octanol–water partition coefficient (Wildman–Crippen LogP) is 2.61. The van der Waals surface area contributed by atoms with Gasteiger partial charge in [0.15, 0.2) is 0 Å². The van der Waals surface area contributed by atoms with Crippen molar-refractivity contribution in [3.63, 3.8) is 0 Å². The molecule has 0 saturated carbocycles. The molecule has 0 spiro atoms. The molecule has 3 amide bonds. The molecule has 2 fully saturated rings. The number of nitrogens with one attached hydrogen (secondary N) is 1. The van der Waals surface area contributed by atoms with Gasteiger partial charge in [-0.2, -0.15) is 11.3 Å². The Morgan fingerprint density at radius 2 is 1.59 bits per heavy atom. The standard InChI is InChI=1S/C21H25N3O4S/c25-19(15-1-7-23(8-2-15)21(27)17-6-12-29-14-17)22-18-3-9-24(10-4-18)20(26)16-5-11-28-13-16/h5-6,11-15,18H,1-4,7-10H2,(H,22,25). The Balaban J connectivity index is 1.21. The molecular formula is C21H25N3O4S. The molecule has 0 aliphatic carbocycles. The Labute approximate surface area is 173 Å². The van der Waals surface area contributed by atoms with Gasteiger partial charge in [0.25, 0.3) is 11.8 Å². The lowest BCUT2D eigenvalue weighted by Crippen LogP contribution is -2.49. The SMILES string of the molecule is O=C(NC1CCN(C(=O)c2ccoc2)CC1)C1CCN(C(=O)c2ccsc2)CC1. The lowest BCUT2D eigenvalue weighted by atomic mass is 9.94. The average molecular weight is 416 g/mol. The molecule has 7 nitrogen and oxygen atoms in total. The van der Waals surface area contributed by atoms with E-state index >= 15 is 0 Å². The quantitative estimate of drug-likeness (QED) is 0.832. The second-order valence-electron chi connectivity index (χ2n) is 7.67. The molecule has 4 rings (SSSR count). The van der Waals surface area contributed by atoms with Gasteiger partial charge in [0, 0.05) is 43.5 Å². The highest BCUT2D eigenvalue weighted by Crippen LogP contribution is 2.21. The van der Waals surface area contributed by atoms with Gasteiger partial charge in [0.05, 0.1) is 17.4 Å². The molecule has 2 saturated heterocycles. The van der Waals surface area contributed by atoms with Crippen molar-refractivity contribution in [2.24, 2.45) is 5.92 Å². The van der Waals surface area contributed by atoms with Crippen molar-refractivity contribution >= 4 is 29.1 Å². The fourth-order valence-corrected chi connectivity index (χ4v) is 4.66. The van der Waals surface area contributed by atoms with Gasteiger partial charge in [-0.05, 0) is 43.2 Å². The summed E-state index contributed by atoms with van der Waals surface area (Å²) in [7, 11) is 0. The van der Waals surface area contributed by atoms with Crippen molar-refractivity contribution in [2.75, 3.05) is 26.2 Å². The van der Waals surface area contributed by atoms with E-state index in [9.17, 15) is 14.4 Å². The number of carbonyl (C=O) groups is 3. The first-order chi connectivity index (χ1) is 14.1. The Hall–Kier alpha value is -2.61. The van der Waals surface area contributed by atoms with Crippen LogP contribution in [0.1, 0.15) is 46.4 Å². The van der Waals surface area contributed by atoms with Crippen molar-refractivity contribution in [3.05, 3.63) is 46.5 Å². The van der Waals surface area contributed by atoms with Crippen molar-refractivity contribution in [3.8, 4) is 0 Å². The minimum absolute atomic E-state index is 0.0220. The summed E-state index contributed by atoms with van der Waals surface area (Å²) in [6.07, 6.45) is 5.86. The molecule has 0 atom stereocenters. The molecule has 2 aliphatic heterocycles. The summed E-state index contributed by atoms with van der Waals surface area (Å²) in [6, 6.07) is 3.61. The molecule has 4 heterocycles. The normalized spacial score (nSPS) is 18.6. The van der Waals surface area contributed by atoms with Crippen LogP contribution < -0.4 is 5.32 Å². The lowest BCUT2D eigenvalue weighted by molar-refractivity contribution is -0.127. The first-order valence-electron chi connectivity index (χ1n) is 10.0. The van der Waals surface area contributed by atoms with Crippen LogP contribution in [0.15, 0.2) is 39.8 Å². The van der Waals surface area contributed by atoms with Crippen LogP contribution in [0.25, 0.3) is 0 Å². The van der Waals surface area contributed by atoms with Crippen LogP contribution in [-0.2, 0) is 4.79 Å². The molecule has 0 aromatic carbocycles. The number of amides is 3. The van der Waals surface area contributed by atoms with Crippen LogP contribution >= 0.6 is 11.3 Å². The minimum atomic E-state index is -0.0490. The van der Waals surface area contributed by atoms with E-state index in [1.165, 1.54) is 23.9 Å². The van der Waals surface area contributed by atoms with E-state index in [4.69, 9.17) is 4.42 Å². The van der Waals surface area contributed by atoms with E-state index in [0.29, 0.717) is 44.6 Å². The van der Waals surface area contributed by atoms with Gasteiger partial charge in [-0.25, -0.2) is 0 Å². The average Bonchev–Trinajstić information content (AvgIpc) is 3.47. The topological polar surface area (TPSA) is 82.9 Å². The maximum absolute atomic E-state index is 12.7. The van der Waals surface area contributed by atoms with Gasteiger partial charge in [-0.3, -0.25) is 14.4 Å². The second kappa shape index (κ2) is 8.82. The highest BCUT2D eigenvalue weighted by Gasteiger charge is 2.30. The first-order valence-corrected chi connectivity index (χ1v) is 11.0. The molecule has 154 valence electrons. The maximum Gasteiger partial charge on any atom is 0.257 e. The number of piperidine rings is 2. The molecule has 29 heavy (non-hydrogen) atoms. The van der Waals surface area contributed by atoms with E-state index in [2.05, 4.69) is 5.32 Å². The predicted molar refractivity (Wildman–Crippen MR) is 109 cm³/mol. The van der Waals surface area contributed by atoms with Gasteiger partial charge in [-0.1, -0.05) is 0 Å². The molecule has 0 bridgehead atoms. The molecular weight excluding hydrogens is 390 g/mol. The number of thiophene rings is 1. The number of hydrogen-bond donors (Lipinski definition) is 1. The summed E-state index contributed by atoms with van der Waals surface area (Å²) in [4.78, 5) is 41.1. The van der Waals surface area contributed by atoms with Crippen molar-refractivity contribution in [1.29, 1.82) is 0 Å². The zero-order valence-corrected chi connectivity index (χ0v) is 17.0. The first kappa shape index (κ1) is 19.7. The van der Waals surface area contributed by atoms with E-state index in [-0.39, 0.29) is 29.7 Å². The number of furan rings is 1. The van der Waals surface area contributed by atoms with Gasteiger partial charge in [0.1, 0.15) is 6.26 Å². The van der Waals surface area contributed by atoms with Crippen molar-refractivity contribution in [1.82, 2.24) is 15.1 Å². The number of carbonyl (C=O) groups excluding carboxylic acids is 3. The third kappa shape index (κ3) is 4.53. The lowest BCUT2D eigenvalue weighted by Gasteiger charge is -2.35. The van der Waals surface area contributed by atoms with Gasteiger partial charge in [0.2, 0.25) is 5.91 Å². The summed E-state index contributed by atoms with van der Waals surface area (Å²) in [5.41, 5.74) is 1.30. The van der Waals surface area contributed by atoms with Crippen molar-refractivity contribution < 1.29 is 18.8 Å². The largest absolute Gasteiger partial charge is 0.472 e. The zero-order chi connectivity index (χ0) is 20.2.